The van der Waals surface area contributed by atoms with Crippen LogP contribution in [-0.4, -0.2) is 156 Å². The van der Waals surface area contributed by atoms with E-state index in [4.69, 9.17) is 9.47 Å². The normalized spacial score (nSPS) is 18.6. The minimum Gasteiger partial charge on any atom is -0.480 e. The van der Waals surface area contributed by atoms with Crippen LogP contribution in [0.25, 0.3) is 0 Å². The molecule has 67 heavy (non-hydrogen) atoms. The zero-order valence-corrected chi connectivity index (χ0v) is 41.9. The van der Waals surface area contributed by atoms with E-state index in [2.05, 4.69) is 10.6 Å². The minimum absolute atomic E-state index is 0.0823. The Balaban J connectivity index is 1.71. The number of unbranched alkanes of at least 4 members (excludes halogenated alkanes) is 2. The molecule has 0 bridgehead atoms. The Bertz CT molecular complexity index is 1890. The molecule has 4 unspecified atom stereocenters. The van der Waals surface area contributed by atoms with Crippen molar-refractivity contribution in [2.24, 2.45) is 23.7 Å². The first-order chi connectivity index (χ1) is 31.6. The van der Waals surface area contributed by atoms with Gasteiger partial charge in [0.2, 0.25) is 29.5 Å². The summed E-state index contributed by atoms with van der Waals surface area (Å²) in [6, 6.07) is 3.37. The molecule has 374 valence electrons. The Morgan fingerprint density at radius 1 is 0.836 bits per heavy atom. The molecule has 1 saturated heterocycles. The van der Waals surface area contributed by atoms with Crippen molar-refractivity contribution in [3.05, 3.63) is 47.5 Å². The lowest BCUT2D eigenvalue weighted by Gasteiger charge is -2.41. The standard InChI is InChI=1S/C50H78N6O11/c1-13-33(7)45(54(10)49(63)43(30(2)3)52-48(62)44(31(4)5)53(9)39(57)19-15-14-16-26-56-40(58)24-25-41(56)59)38(66-11)29-42(60)55-27-17-18-37(55)46(67-12)34(8)47(61)51-36(50(64)65)28-35-22-20-32(6)21-23-35/h20-25,30-31,33-34,36-38,43-46H,13-19,26-29H2,1-12H3,(H,51,61)(H,52,62)(H,64,65)/t33-,34+,36-,37-,38?,43-,44?,45?,46?/m0/s1. The van der Waals surface area contributed by atoms with Crippen LogP contribution in [0.4, 0.5) is 0 Å². The van der Waals surface area contributed by atoms with Crippen LogP contribution in [0, 0.1) is 30.6 Å². The lowest BCUT2D eigenvalue weighted by atomic mass is 9.89. The largest absolute Gasteiger partial charge is 0.480 e. The average Bonchev–Trinajstić information content (AvgIpc) is 3.90. The number of hydrogen-bond donors (Lipinski definition) is 3. The molecule has 2 aliphatic rings. The van der Waals surface area contributed by atoms with E-state index in [1.807, 2.05) is 72.7 Å². The van der Waals surface area contributed by atoms with Gasteiger partial charge in [-0.05, 0) is 55.9 Å². The van der Waals surface area contributed by atoms with Gasteiger partial charge in [0.1, 0.15) is 18.1 Å². The maximum absolute atomic E-state index is 14.6. The Kier molecular flexibility index (Phi) is 22.1. The fourth-order valence-electron chi connectivity index (χ4n) is 9.37. The first-order valence-corrected chi connectivity index (χ1v) is 23.9. The number of likely N-dealkylation sites (N-methyl/N-ethyl adjacent to an activating group) is 2. The summed E-state index contributed by atoms with van der Waals surface area (Å²) in [5, 5.41) is 15.6. The number of methoxy groups -OCH3 is 2. The van der Waals surface area contributed by atoms with Crippen molar-refractivity contribution in [3.8, 4) is 0 Å². The second-order valence-corrected chi connectivity index (χ2v) is 19.1. The number of likely N-dealkylation sites (tertiary alicyclic amines) is 1. The van der Waals surface area contributed by atoms with Gasteiger partial charge in [-0.3, -0.25) is 38.5 Å². The molecule has 1 fully saturated rings. The molecule has 0 radical (unpaired) electrons. The number of rotatable bonds is 27. The maximum Gasteiger partial charge on any atom is 0.326 e. The van der Waals surface area contributed by atoms with Crippen molar-refractivity contribution >= 4 is 47.3 Å². The van der Waals surface area contributed by atoms with Crippen molar-refractivity contribution in [2.45, 2.75) is 156 Å². The number of carbonyl (C=O) groups excluding carboxylic acids is 7. The first-order valence-electron chi connectivity index (χ1n) is 23.9. The topological polar surface area (TPSA) is 212 Å². The van der Waals surface area contributed by atoms with Gasteiger partial charge in [-0.15, -0.1) is 0 Å². The Morgan fingerprint density at radius 3 is 2.00 bits per heavy atom. The van der Waals surface area contributed by atoms with Gasteiger partial charge in [-0.2, -0.15) is 0 Å². The van der Waals surface area contributed by atoms with Gasteiger partial charge in [0.25, 0.3) is 11.8 Å². The number of carbonyl (C=O) groups is 8. The van der Waals surface area contributed by atoms with Gasteiger partial charge in [-0.1, -0.05) is 91.1 Å². The minimum atomic E-state index is -1.16. The van der Waals surface area contributed by atoms with E-state index in [0.717, 1.165) is 11.1 Å². The van der Waals surface area contributed by atoms with Crippen molar-refractivity contribution in [3.63, 3.8) is 0 Å². The number of carboxylic acid groups (broad SMARTS) is 1. The Hall–Kier alpha value is -5.16. The number of ether oxygens (including phenoxy) is 2. The maximum atomic E-state index is 14.6. The molecule has 1 aromatic rings. The van der Waals surface area contributed by atoms with Crippen LogP contribution in [0.2, 0.25) is 0 Å². The third-order valence-corrected chi connectivity index (χ3v) is 13.5. The van der Waals surface area contributed by atoms with Crippen molar-refractivity contribution in [1.82, 2.24) is 30.2 Å². The highest BCUT2D eigenvalue weighted by Gasteiger charge is 2.44. The second kappa shape index (κ2) is 26.4. The molecule has 3 rings (SSSR count). The Morgan fingerprint density at radius 2 is 1.46 bits per heavy atom. The van der Waals surface area contributed by atoms with E-state index in [-0.39, 0.29) is 73.1 Å². The zero-order chi connectivity index (χ0) is 50.3. The van der Waals surface area contributed by atoms with E-state index in [1.54, 1.807) is 30.8 Å². The number of nitrogens with zero attached hydrogens (tertiary/aromatic N) is 4. The summed E-state index contributed by atoms with van der Waals surface area (Å²) >= 11 is 0. The van der Waals surface area contributed by atoms with E-state index >= 15 is 0 Å². The predicted molar refractivity (Wildman–Crippen MR) is 253 cm³/mol. The number of nitrogens with one attached hydrogen (secondary N) is 2. The van der Waals surface area contributed by atoms with Crippen molar-refractivity contribution < 1.29 is 52.9 Å². The molecular weight excluding hydrogens is 861 g/mol. The first kappa shape index (κ1) is 56.2. The monoisotopic (exact) mass is 939 g/mol. The van der Waals surface area contributed by atoms with Gasteiger partial charge in [-0.25, -0.2) is 4.79 Å². The third-order valence-electron chi connectivity index (χ3n) is 13.5. The molecule has 0 aliphatic carbocycles. The number of amides is 7. The second-order valence-electron chi connectivity index (χ2n) is 19.1. The molecule has 7 amide bonds. The Labute approximate surface area is 397 Å². The molecule has 2 aliphatic heterocycles. The van der Waals surface area contributed by atoms with Crippen LogP contribution in [0.1, 0.15) is 111 Å². The van der Waals surface area contributed by atoms with Crippen LogP contribution in [0.15, 0.2) is 36.4 Å². The van der Waals surface area contributed by atoms with Crippen LogP contribution in [-0.2, 0) is 54.3 Å². The highest BCUT2D eigenvalue weighted by atomic mass is 16.5. The molecule has 1 aromatic carbocycles. The van der Waals surface area contributed by atoms with Gasteiger partial charge in [0.15, 0.2) is 0 Å². The quantitative estimate of drug-likeness (QED) is 0.0843. The van der Waals surface area contributed by atoms with Gasteiger partial charge in [0, 0.05) is 66.4 Å². The third kappa shape index (κ3) is 15.2. The summed E-state index contributed by atoms with van der Waals surface area (Å²) in [5.74, 6) is -5.24. The highest BCUT2D eigenvalue weighted by molar-refractivity contribution is 6.12. The lowest BCUT2D eigenvalue weighted by molar-refractivity contribution is -0.149. The molecule has 17 nitrogen and oxygen atoms in total. The van der Waals surface area contributed by atoms with E-state index in [0.29, 0.717) is 45.1 Å². The summed E-state index contributed by atoms with van der Waals surface area (Å²) in [6.45, 7) is 15.6. The molecule has 3 N–H and O–H groups in total. The van der Waals surface area contributed by atoms with Gasteiger partial charge < -0.3 is 39.9 Å². The van der Waals surface area contributed by atoms with E-state index in [1.165, 1.54) is 36.2 Å². The zero-order valence-electron chi connectivity index (χ0n) is 41.9. The molecular formula is C50H78N6O11. The molecule has 0 saturated carbocycles. The summed E-state index contributed by atoms with van der Waals surface area (Å²) < 4.78 is 11.9. The summed E-state index contributed by atoms with van der Waals surface area (Å²) in [6.07, 6.45) is 4.71. The molecule has 0 spiro atoms. The highest BCUT2D eigenvalue weighted by Crippen LogP contribution is 2.30. The summed E-state index contributed by atoms with van der Waals surface area (Å²) in [5.41, 5.74) is 1.80. The smallest absolute Gasteiger partial charge is 0.326 e. The number of imide groups is 1. The molecule has 9 atom stereocenters. The van der Waals surface area contributed by atoms with Crippen LogP contribution < -0.4 is 10.6 Å². The van der Waals surface area contributed by atoms with E-state index < -0.39 is 66.1 Å². The summed E-state index contributed by atoms with van der Waals surface area (Å²) in [7, 11) is 6.21. The fraction of sp³-hybridized carbons (Fsp3) is 0.680. The van der Waals surface area contributed by atoms with Gasteiger partial charge >= 0.3 is 5.97 Å². The van der Waals surface area contributed by atoms with E-state index in [9.17, 15) is 43.5 Å². The van der Waals surface area contributed by atoms with Crippen molar-refractivity contribution in [1.29, 1.82) is 0 Å². The van der Waals surface area contributed by atoms with Crippen LogP contribution >= 0.6 is 0 Å². The summed E-state index contributed by atoms with van der Waals surface area (Å²) in [4.78, 5) is 112. The van der Waals surface area contributed by atoms with Crippen LogP contribution in [0.5, 0.6) is 0 Å². The van der Waals surface area contributed by atoms with Gasteiger partial charge in [0.05, 0.1) is 36.6 Å². The average molecular weight is 939 g/mol. The molecule has 17 heteroatoms. The molecule has 0 aromatic heterocycles. The number of aryl methyl sites for hydroxylation is 1. The SMILES string of the molecule is CC[C@H](C)C(C(CC(=O)N1CCC[C@H]1C(OC)[C@@H](C)C(=O)N[C@@H](Cc1ccc(C)cc1)C(=O)O)OC)N(C)C(=O)[C@@H](NC(=O)C(C(C)C)N(C)C(=O)CCCCCN1C(=O)C=CC1=O)C(C)C. The van der Waals surface area contributed by atoms with Crippen LogP contribution in [0.3, 0.4) is 0 Å². The number of hydrogen-bond acceptors (Lipinski definition) is 10. The number of benzene rings is 1. The lowest BCUT2D eigenvalue weighted by Crippen LogP contribution is -2.60. The predicted octanol–water partition coefficient (Wildman–Crippen LogP) is 4.14. The fourth-order valence-corrected chi connectivity index (χ4v) is 9.37. The van der Waals surface area contributed by atoms with Crippen molar-refractivity contribution in [2.75, 3.05) is 41.4 Å². The number of carboxylic acids is 1. The molecule has 2 heterocycles. The number of aliphatic carboxylic acids is 1.